The first-order valence-electron chi connectivity index (χ1n) is 10.2. The van der Waals surface area contributed by atoms with Gasteiger partial charge in [-0.05, 0) is 24.2 Å². The molecule has 5 rings (SSSR count). The Bertz CT molecular complexity index is 1380. The van der Waals surface area contributed by atoms with Crippen molar-refractivity contribution < 1.29 is 11.0 Å². The fourth-order valence-corrected chi connectivity index (χ4v) is 2.71. The van der Waals surface area contributed by atoms with Gasteiger partial charge in [-0.3, -0.25) is 0 Å². The third-order valence-corrected chi connectivity index (χ3v) is 3.53. The van der Waals surface area contributed by atoms with E-state index in [0.29, 0.717) is 10.8 Å². The summed E-state index contributed by atoms with van der Waals surface area (Å²) >= 11 is 0. The lowest BCUT2D eigenvalue weighted by Gasteiger charge is -1.96. The van der Waals surface area contributed by atoms with Crippen molar-refractivity contribution in [2.75, 3.05) is 0 Å². The van der Waals surface area contributed by atoms with Gasteiger partial charge < -0.3 is 9.97 Å². The Morgan fingerprint density at radius 2 is 1.10 bits per heavy atom. The van der Waals surface area contributed by atoms with Crippen molar-refractivity contribution in [3.8, 4) is 0 Å². The molecule has 0 unspecified atom stereocenters. The third kappa shape index (κ3) is 1.14. The van der Waals surface area contributed by atoms with Crippen LogP contribution in [0, 0.1) is 0 Å². The summed E-state index contributed by atoms with van der Waals surface area (Å²) in [5.41, 5.74) is 1.04. The second-order valence-corrected chi connectivity index (χ2v) is 4.62. The van der Waals surface area contributed by atoms with Crippen molar-refractivity contribution in [1.29, 1.82) is 0 Å². The van der Waals surface area contributed by atoms with Crippen LogP contribution < -0.4 is 0 Å². The molecular weight excluding hydrogens is 244 g/mol. The number of hydrogen-bond donors (Lipinski definition) is 2. The number of rotatable bonds is 0. The monoisotopic (exact) mass is 264 g/mol. The maximum absolute atomic E-state index is 8.38. The molecule has 0 atom stereocenters. The molecule has 3 aromatic carbocycles. The molecule has 0 saturated heterocycles. The van der Waals surface area contributed by atoms with Crippen molar-refractivity contribution >= 4 is 43.6 Å². The minimum Gasteiger partial charge on any atom is -0.354 e. The molecule has 2 heterocycles. The Morgan fingerprint density at radius 1 is 0.600 bits per heavy atom. The molecule has 0 radical (unpaired) electrons. The molecule has 2 aromatic heterocycles. The van der Waals surface area contributed by atoms with Crippen LogP contribution in [0.1, 0.15) is 11.0 Å². The lowest BCUT2D eigenvalue weighted by Crippen LogP contribution is -1.71. The largest absolute Gasteiger partial charge is 0.354 e. The molecule has 0 amide bonds. The Labute approximate surface area is 126 Å². The average Bonchev–Trinajstić information content (AvgIpc) is 3.22. The van der Waals surface area contributed by atoms with Crippen molar-refractivity contribution in [3.63, 3.8) is 0 Å². The van der Waals surface area contributed by atoms with Gasteiger partial charge in [-0.15, -0.1) is 0 Å². The van der Waals surface area contributed by atoms with Crippen LogP contribution in [0.4, 0.5) is 0 Å². The number of hydrogen-bond acceptors (Lipinski definition) is 0. The van der Waals surface area contributed by atoms with Gasteiger partial charge in [-0.1, -0.05) is 36.3 Å². The number of fused-ring (bicyclic) bond motifs is 7. The van der Waals surface area contributed by atoms with Gasteiger partial charge in [0.05, 0.1) is 11.0 Å². The van der Waals surface area contributed by atoms with E-state index in [-0.39, 0.29) is 81.2 Å². The van der Waals surface area contributed by atoms with Crippen LogP contribution in [-0.4, -0.2) is 9.97 Å². The summed E-state index contributed by atoms with van der Waals surface area (Å²) in [6, 6.07) is 1.70. The van der Waals surface area contributed by atoms with Gasteiger partial charge in [0.15, 0.2) is 0 Å². The zero-order chi connectivity index (χ0) is 20.1. The van der Waals surface area contributed by atoms with Gasteiger partial charge in [0.1, 0.15) is 0 Å². The van der Waals surface area contributed by atoms with Crippen LogP contribution in [0.2, 0.25) is 0 Å². The topological polar surface area (TPSA) is 31.6 Å². The summed E-state index contributed by atoms with van der Waals surface area (Å²) in [6.07, 6.45) is 0. The molecule has 5 aromatic rings. The number of para-hydroxylation sites is 2. The summed E-state index contributed by atoms with van der Waals surface area (Å²) in [5, 5.41) is 1.27. The second-order valence-electron chi connectivity index (χ2n) is 4.62. The van der Waals surface area contributed by atoms with E-state index in [4.69, 9.17) is 11.0 Å². The summed E-state index contributed by atoms with van der Waals surface area (Å²) in [5.74, 6) is 0. The lowest BCUT2D eigenvalue weighted by atomic mass is 10.1. The van der Waals surface area contributed by atoms with E-state index < -0.39 is 0 Å². The van der Waals surface area contributed by atoms with E-state index in [1.54, 1.807) is 0 Å². The molecule has 0 aliphatic heterocycles. The lowest BCUT2D eigenvalue weighted by molar-refractivity contribution is 1.53. The average molecular weight is 264 g/mol. The van der Waals surface area contributed by atoms with Crippen molar-refractivity contribution in [1.82, 2.24) is 9.97 Å². The molecule has 94 valence electrons. The van der Waals surface area contributed by atoms with E-state index in [9.17, 15) is 0 Å². The van der Waals surface area contributed by atoms with Gasteiger partial charge in [-0.25, -0.2) is 0 Å². The minimum atomic E-state index is -0.139. The van der Waals surface area contributed by atoms with Gasteiger partial charge in [0, 0.05) is 43.6 Å². The molecule has 2 N–H and O–H groups in total. The molecule has 2 nitrogen and oxygen atoms in total. The van der Waals surface area contributed by atoms with E-state index in [1.807, 2.05) is 0 Å². The predicted octanol–water partition coefficient (Wildman–Crippen LogP) is 4.96. The highest BCUT2D eigenvalue weighted by Gasteiger charge is 2.11. The van der Waals surface area contributed by atoms with E-state index >= 15 is 0 Å². The number of aromatic amines is 2. The highest BCUT2D eigenvalue weighted by atomic mass is 14.7. The predicted molar refractivity (Wildman–Crippen MR) is 85.2 cm³/mol. The smallest absolute Gasteiger partial charge is 0.0646 e. The number of aromatic nitrogens is 2. The molecule has 0 bridgehead atoms. The molecule has 0 saturated carbocycles. The normalized spacial score (nSPS) is 17.6. The first-order valence-corrected chi connectivity index (χ1v) is 6.15. The summed E-state index contributed by atoms with van der Waals surface area (Å²) in [4.78, 5) is 5.90. The van der Waals surface area contributed by atoms with Crippen LogP contribution in [-0.2, 0) is 0 Å². The summed E-state index contributed by atoms with van der Waals surface area (Å²) in [6.45, 7) is 0. The molecule has 0 aliphatic rings. The van der Waals surface area contributed by atoms with Crippen LogP contribution in [0.15, 0.2) is 60.5 Å². The minimum absolute atomic E-state index is 0.000389. The van der Waals surface area contributed by atoms with Gasteiger partial charge >= 0.3 is 0 Å². The zero-order valence-corrected chi connectivity index (χ0v) is 10.2. The highest BCUT2D eigenvalue weighted by molar-refractivity contribution is 6.27. The van der Waals surface area contributed by atoms with E-state index in [2.05, 4.69) is 9.97 Å². The third-order valence-electron chi connectivity index (χ3n) is 3.53. The van der Waals surface area contributed by atoms with Crippen LogP contribution in [0.25, 0.3) is 43.6 Å². The van der Waals surface area contributed by atoms with Gasteiger partial charge in [0.25, 0.3) is 0 Å². The molecule has 0 spiro atoms. The van der Waals surface area contributed by atoms with Crippen molar-refractivity contribution in [2.45, 2.75) is 0 Å². The standard InChI is InChI=1S/C18H12N2/c1-3-7-13-11(5-1)17-15(19-13)9-10-16-18(17)12-6-2-4-8-14(12)20-16/h1-10,19-20H/i1D,2D,5D,6D,7D,8D,9D,10D. The fraction of sp³-hybridized carbons (Fsp3) is 0. The van der Waals surface area contributed by atoms with Crippen LogP contribution in [0.5, 0.6) is 0 Å². The quantitative estimate of drug-likeness (QED) is 0.396. The van der Waals surface area contributed by atoms with Crippen LogP contribution in [0.3, 0.4) is 0 Å². The fourth-order valence-electron chi connectivity index (χ4n) is 2.71. The number of H-pyrrole nitrogens is 2. The van der Waals surface area contributed by atoms with Crippen LogP contribution >= 0.6 is 0 Å². The van der Waals surface area contributed by atoms with Gasteiger partial charge in [-0.2, -0.15) is 0 Å². The summed E-state index contributed by atoms with van der Waals surface area (Å²) in [7, 11) is 0. The zero-order valence-electron chi connectivity index (χ0n) is 18.2. The molecule has 0 fully saturated rings. The number of benzene rings is 3. The SMILES string of the molecule is [2H]c1cc([2H])c2[nH]c3c([2H])c([2H])c4[nH]c5c([2H])cc([2H])c([2H])c5c4c3c2c1[2H]. The molecule has 2 heteroatoms. The summed E-state index contributed by atoms with van der Waals surface area (Å²) < 4.78 is 65.8. The van der Waals surface area contributed by atoms with Gasteiger partial charge in [0.2, 0.25) is 0 Å². The molecule has 20 heavy (non-hydrogen) atoms. The first-order chi connectivity index (χ1) is 13.2. The highest BCUT2D eigenvalue weighted by Crippen LogP contribution is 2.36. The van der Waals surface area contributed by atoms with Crippen molar-refractivity contribution in [3.05, 3.63) is 60.5 Å². The Balaban J connectivity index is 2.25. The van der Waals surface area contributed by atoms with E-state index in [1.165, 1.54) is 12.1 Å². The Kier molecular flexibility index (Phi) is 0.912. The molecular formula is C18H12N2. The Hall–Kier alpha value is -2.74. The number of nitrogens with one attached hydrogen (secondary N) is 2. The first kappa shape index (κ1) is 5.33. The maximum atomic E-state index is 8.38. The van der Waals surface area contributed by atoms with E-state index in [0.717, 1.165) is 0 Å². The Morgan fingerprint density at radius 3 is 1.60 bits per heavy atom. The molecule has 0 aliphatic carbocycles. The van der Waals surface area contributed by atoms with Crippen molar-refractivity contribution in [2.24, 2.45) is 0 Å². The maximum Gasteiger partial charge on any atom is 0.0646 e. The second kappa shape index (κ2) is 3.42.